The second-order valence-corrected chi connectivity index (χ2v) is 8.42. The van der Waals surface area contributed by atoms with E-state index < -0.39 is 0 Å². The third-order valence-corrected chi connectivity index (χ3v) is 6.31. The van der Waals surface area contributed by atoms with Crippen LogP contribution in [0.15, 0.2) is 40.9 Å². The van der Waals surface area contributed by atoms with Crippen LogP contribution in [0.3, 0.4) is 0 Å². The van der Waals surface area contributed by atoms with E-state index in [4.69, 9.17) is 15.2 Å². The van der Waals surface area contributed by atoms with Crippen LogP contribution in [-0.2, 0) is 11.3 Å². The number of carbonyl (C=O) groups is 1. The summed E-state index contributed by atoms with van der Waals surface area (Å²) in [5, 5.41) is 0.921. The molecule has 29 heavy (non-hydrogen) atoms. The highest BCUT2D eigenvalue weighted by Gasteiger charge is 2.31. The van der Waals surface area contributed by atoms with Gasteiger partial charge >= 0.3 is 0 Å². The Morgan fingerprint density at radius 2 is 2.10 bits per heavy atom. The molecule has 5 rings (SSSR count). The zero-order valence-electron chi connectivity index (χ0n) is 16.1. The molecule has 2 aliphatic rings. The number of nitrogen functional groups attached to an aromatic ring is 1. The zero-order chi connectivity index (χ0) is 20.3. The molecule has 0 saturated carbocycles. The number of nitrogens with zero attached hydrogens (tertiary/aromatic N) is 2. The number of hydrogen-bond donors (Lipinski definition) is 1. The minimum Gasteiger partial charge on any atom is -0.491 e. The van der Waals surface area contributed by atoms with E-state index in [9.17, 15) is 4.79 Å². The van der Waals surface area contributed by atoms with Gasteiger partial charge in [-0.05, 0) is 42.8 Å². The standard InChI is InChI=1S/C22H20BrN3O3/c1-11-20-16(9-28-11)15-7-12(3-6-17(15)25-21(20)24)22(27)26(2)18-10-29-19-8-13(23)4-5-14(18)19/h3-8,11,18H,9-10H2,1-2H3,(H2,24,25)/t11-,18-/m1/s1. The Kier molecular flexibility index (Phi) is 4.26. The topological polar surface area (TPSA) is 77.7 Å². The maximum Gasteiger partial charge on any atom is 0.254 e. The molecule has 3 heterocycles. The third-order valence-electron chi connectivity index (χ3n) is 5.81. The van der Waals surface area contributed by atoms with Gasteiger partial charge in [-0.3, -0.25) is 4.79 Å². The number of halogens is 1. The number of rotatable bonds is 2. The summed E-state index contributed by atoms with van der Waals surface area (Å²) >= 11 is 3.46. The van der Waals surface area contributed by atoms with Crippen LogP contribution in [-0.4, -0.2) is 29.4 Å². The van der Waals surface area contributed by atoms with Crippen LogP contribution >= 0.6 is 15.9 Å². The molecule has 0 spiro atoms. The summed E-state index contributed by atoms with van der Waals surface area (Å²) in [5.74, 6) is 1.25. The maximum absolute atomic E-state index is 13.3. The van der Waals surface area contributed by atoms with Gasteiger partial charge in [0.1, 0.15) is 18.2 Å². The molecule has 0 aliphatic carbocycles. The molecular formula is C22H20BrN3O3. The smallest absolute Gasteiger partial charge is 0.254 e. The Bertz CT molecular complexity index is 1160. The van der Waals surface area contributed by atoms with E-state index in [0.717, 1.165) is 37.8 Å². The Morgan fingerprint density at radius 3 is 2.93 bits per heavy atom. The Hall–Kier alpha value is -2.64. The van der Waals surface area contributed by atoms with E-state index in [0.29, 0.717) is 24.6 Å². The Labute approximate surface area is 176 Å². The van der Waals surface area contributed by atoms with Crippen molar-refractivity contribution >= 4 is 38.6 Å². The van der Waals surface area contributed by atoms with Crippen molar-refractivity contribution in [3.63, 3.8) is 0 Å². The average Bonchev–Trinajstić information content (AvgIpc) is 3.30. The minimum atomic E-state index is -0.125. The first-order valence-electron chi connectivity index (χ1n) is 9.47. The van der Waals surface area contributed by atoms with E-state index in [1.165, 1.54) is 0 Å². The number of nitrogens with two attached hydrogens (primary N) is 1. The lowest BCUT2D eigenvalue weighted by Gasteiger charge is -2.24. The van der Waals surface area contributed by atoms with E-state index in [1.54, 1.807) is 11.0 Å². The normalized spacial score (nSPS) is 19.7. The van der Waals surface area contributed by atoms with Gasteiger partial charge in [0, 0.05) is 33.6 Å². The second-order valence-electron chi connectivity index (χ2n) is 7.50. The molecule has 0 fully saturated rings. The summed E-state index contributed by atoms with van der Waals surface area (Å²) in [6.07, 6.45) is -0.0876. The number of ether oxygens (including phenoxy) is 2. The fourth-order valence-electron chi connectivity index (χ4n) is 4.23. The van der Waals surface area contributed by atoms with Gasteiger partial charge in [-0.2, -0.15) is 0 Å². The highest BCUT2D eigenvalue weighted by atomic mass is 79.9. The lowest BCUT2D eigenvalue weighted by atomic mass is 9.99. The molecule has 1 amide bonds. The lowest BCUT2D eigenvalue weighted by Crippen LogP contribution is -2.32. The van der Waals surface area contributed by atoms with Crippen LogP contribution in [0.25, 0.3) is 10.9 Å². The molecule has 7 heteroatoms. The van der Waals surface area contributed by atoms with Gasteiger partial charge in [0.05, 0.1) is 24.3 Å². The van der Waals surface area contributed by atoms with Crippen LogP contribution < -0.4 is 10.5 Å². The number of benzene rings is 2. The molecule has 0 saturated heterocycles. The van der Waals surface area contributed by atoms with E-state index in [1.807, 2.05) is 44.3 Å². The first-order chi connectivity index (χ1) is 13.9. The van der Waals surface area contributed by atoms with Crippen molar-refractivity contribution in [3.05, 3.63) is 63.1 Å². The molecule has 2 aliphatic heterocycles. The van der Waals surface area contributed by atoms with Crippen molar-refractivity contribution in [1.29, 1.82) is 0 Å². The molecule has 148 valence electrons. The summed E-state index contributed by atoms with van der Waals surface area (Å²) in [6, 6.07) is 11.3. The van der Waals surface area contributed by atoms with Crippen LogP contribution in [0.2, 0.25) is 0 Å². The van der Waals surface area contributed by atoms with Gasteiger partial charge < -0.3 is 20.1 Å². The zero-order valence-corrected chi connectivity index (χ0v) is 17.7. The monoisotopic (exact) mass is 453 g/mol. The molecule has 0 bridgehead atoms. The summed E-state index contributed by atoms with van der Waals surface area (Å²) in [5.41, 5.74) is 10.5. The van der Waals surface area contributed by atoms with Crippen molar-refractivity contribution in [2.75, 3.05) is 19.4 Å². The van der Waals surface area contributed by atoms with E-state index in [2.05, 4.69) is 20.9 Å². The van der Waals surface area contributed by atoms with Gasteiger partial charge in [-0.25, -0.2) is 4.98 Å². The Balaban J connectivity index is 1.51. The first kappa shape index (κ1) is 18.4. The van der Waals surface area contributed by atoms with E-state index in [-0.39, 0.29) is 18.1 Å². The molecule has 3 aromatic rings. The first-order valence-corrected chi connectivity index (χ1v) is 10.3. The predicted molar refractivity (Wildman–Crippen MR) is 114 cm³/mol. The van der Waals surface area contributed by atoms with Crippen molar-refractivity contribution in [1.82, 2.24) is 9.88 Å². The van der Waals surface area contributed by atoms with Crippen molar-refractivity contribution in [3.8, 4) is 5.75 Å². The fourth-order valence-corrected chi connectivity index (χ4v) is 4.57. The third kappa shape index (κ3) is 2.88. The molecule has 1 aromatic heterocycles. The summed E-state index contributed by atoms with van der Waals surface area (Å²) in [7, 11) is 1.81. The number of pyridine rings is 1. The van der Waals surface area contributed by atoms with Crippen LogP contribution in [0.4, 0.5) is 5.82 Å². The second kappa shape index (κ2) is 6.71. The van der Waals surface area contributed by atoms with Gasteiger partial charge in [0.15, 0.2) is 0 Å². The minimum absolute atomic E-state index is 0.0613. The number of aromatic nitrogens is 1. The number of fused-ring (bicyclic) bond motifs is 4. The lowest BCUT2D eigenvalue weighted by molar-refractivity contribution is 0.0708. The molecule has 2 atom stereocenters. The number of likely N-dealkylation sites (N-methyl/N-ethyl adjacent to an activating group) is 1. The highest BCUT2D eigenvalue weighted by molar-refractivity contribution is 9.10. The number of carbonyl (C=O) groups excluding carboxylic acids is 1. The van der Waals surface area contributed by atoms with Crippen molar-refractivity contribution in [2.45, 2.75) is 25.7 Å². The Morgan fingerprint density at radius 1 is 1.28 bits per heavy atom. The van der Waals surface area contributed by atoms with E-state index >= 15 is 0 Å². The molecule has 2 N–H and O–H groups in total. The van der Waals surface area contributed by atoms with Crippen molar-refractivity contribution in [2.24, 2.45) is 0 Å². The van der Waals surface area contributed by atoms with Gasteiger partial charge in [-0.1, -0.05) is 22.0 Å². The maximum atomic E-state index is 13.3. The van der Waals surface area contributed by atoms with Gasteiger partial charge in [0.25, 0.3) is 5.91 Å². The largest absolute Gasteiger partial charge is 0.491 e. The van der Waals surface area contributed by atoms with Crippen LogP contribution in [0.1, 0.15) is 46.1 Å². The van der Waals surface area contributed by atoms with Gasteiger partial charge in [-0.15, -0.1) is 0 Å². The highest BCUT2D eigenvalue weighted by Crippen LogP contribution is 2.40. The van der Waals surface area contributed by atoms with Crippen LogP contribution in [0.5, 0.6) is 5.75 Å². The molecule has 2 aromatic carbocycles. The quantitative estimate of drug-likeness (QED) is 0.622. The van der Waals surface area contributed by atoms with Crippen LogP contribution in [0, 0.1) is 0 Å². The summed E-state index contributed by atoms with van der Waals surface area (Å²) in [4.78, 5) is 19.5. The summed E-state index contributed by atoms with van der Waals surface area (Å²) < 4.78 is 12.5. The van der Waals surface area contributed by atoms with Gasteiger partial charge in [0.2, 0.25) is 0 Å². The molecule has 0 unspecified atom stereocenters. The number of amides is 1. The SMILES string of the molecule is C[C@H]1OCc2c1c(N)nc1ccc(C(=O)N(C)[C@@H]3COc4cc(Br)ccc43)cc21. The molecular weight excluding hydrogens is 434 g/mol. The number of anilines is 1. The average molecular weight is 454 g/mol. The summed E-state index contributed by atoms with van der Waals surface area (Å²) in [6.45, 7) is 2.89. The molecule has 6 nitrogen and oxygen atoms in total. The number of hydrogen-bond acceptors (Lipinski definition) is 5. The molecule has 0 radical (unpaired) electrons. The van der Waals surface area contributed by atoms with Crippen molar-refractivity contribution < 1.29 is 14.3 Å². The predicted octanol–water partition coefficient (Wildman–Crippen LogP) is 4.38. The fraction of sp³-hybridized carbons (Fsp3) is 0.273.